The molecule has 0 unspecified atom stereocenters. The van der Waals surface area contributed by atoms with Gasteiger partial charge in [-0.15, -0.1) is 0 Å². The zero-order chi connectivity index (χ0) is 25.1. The molecule has 1 amide bonds. The lowest BCUT2D eigenvalue weighted by Gasteiger charge is -2.35. The Morgan fingerprint density at radius 1 is 1.09 bits per heavy atom. The number of benzene rings is 2. The van der Waals surface area contributed by atoms with Crippen LogP contribution in [0.4, 0.5) is 24.9 Å². The van der Waals surface area contributed by atoms with Crippen LogP contribution in [0.25, 0.3) is 10.9 Å². The first-order chi connectivity index (χ1) is 16.8. The highest BCUT2D eigenvalue weighted by molar-refractivity contribution is 5.92. The fourth-order valence-electron chi connectivity index (χ4n) is 4.07. The average molecular weight is 489 g/mol. The standard InChI is InChI=1S/C24H26F3N5O3/c1-34-17-13-16-20(19(25)21(17)35-2)29-24(30-23(16)28)32-11-9-31(10-12-32)18(33)8-5-14-3-6-15(7-4-14)22(26)27/h3-4,6-7,13,22H,5,8-12H2,1-2H3,(H2,28,29,30). The molecule has 1 saturated heterocycles. The van der Waals surface area contributed by atoms with Crippen LogP contribution < -0.4 is 20.1 Å². The molecular formula is C24H26F3N5O3. The number of piperazine rings is 1. The van der Waals surface area contributed by atoms with Crippen molar-refractivity contribution in [1.29, 1.82) is 0 Å². The average Bonchev–Trinajstić information content (AvgIpc) is 2.87. The molecule has 1 fully saturated rings. The number of carbonyl (C=O) groups excluding carboxylic acids is 1. The van der Waals surface area contributed by atoms with E-state index in [1.54, 1.807) is 17.0 Å². The minimum atomic E-state index is -2.51. The van der Waals surface area contributed by atoms with Gasteiger partial charge >= 0.3 is 0 Å². The molecule has 2 aromatic carbocycles. The van der Waals surface area contributed by atoms with Crippen LogP contribution in [0.2, 0.25) is 0 Å². The number of rotatable bonds is 7. The highest BCUT2D eigenvalue weighted by atomic mass is 19.3. The Bertz CT molecular complexity index is 1220. The SMILES string of the molecule is COc1cc2c(N)nc(N3CCN(C(=O)CCc4ccc(C(F)F)cc4)CC3)nc2c(F)c1OC. The summed E-state index contributed by atoms with van der Waals surface area (Å²) < 4.78 is 50.7. The molecule has 0 aliphatic carbocycles. The zero-order valence-electron chi connectivity index (χ0n) is 19.4. The number of nitrogens with two attached hydrogens (primary N) is 1. The Morgan fingerprint density at radius 2 is 1.77 bits per heavy atom. The topological polar surface area (TPSA) is 93.8 Å². The van der Waals surface area contributed by atoms with Gasteiger partial charge in [-0.05, 0) is 18.1 Å². The third-order valence-electron chi connectivity index (χ3n) is 6.07. The highest BCUT2D eigenvalue weighted by Crippen LogP contribution is 2.37. The first-order valence-electron chi connectivity index (χ1n) is 11.1. The number of hydrogen-bond acceptors (Lipinski definition) is 7. The van der Waals surface area contributed by atoms with Gasteiger partial charge < -0.3 is 25.0 Å². The normalized spacial score (nSPS) is 14.0. The number of ether oxygens (including phenoxy) is 2. The van der Waals surface area contributed by atoms with E-state index >= 15 is 4.39 Å². The second-order valence-corrected chi connectivity index (χ2v) is 8.14. The fraction of sp³-hybridized carbons (Fsp3) is 0.375. The van der Waals surface area contributed by atoms with Crippen molar-refractivity contribution in [3.8, 4) is 11.5 Å². The Kier molecular flexibility index (Phi) is 7.13. The van der Waals surface area contributed by atoms with E-state index in [0.717, 1.165) is 5.56 Å². The Labute approximate surface area is 200 Å². The van der Waals surface area contributed by atoms with E-state index < -0.39 is 12.2 Å². The molecule has 0 radical (unpaired) electrons. The van der Waals surface area contributed by atoms with Crippen LogP contribution in [0.1, 0.15) is 24.0 Å². The summed E-state index contributed by atoms with van der Waals surface area (Å²) in [6.07, 6.45) is -1.76. The fourth-order valence-corrected chi connectivity index (χ4v) is 4.07. The monoisotopic (exact) mass is 489 g/mol. The first kappa shape index (κ1) is 24.4. The van der Waals surface area contributed by atoms with Crippen LogP contribution in [0.15, 0.2) is 30.3 Å². The lowest BCUT2D eigenvalue weighted by atomic mass is 10.1. The summed E-state index contributed by atoms with van der Waals surface area (Å²) in [5, 5.41) is 0.319. The first-order valence-corrected chi connectivity index (χ1v) is 11.1. The van der Waals surface area contributed by atoms with Crippen molar-refractivity contribution in [1.82, 2.24) is 14.9 Å². The summed E-state index contributed by atoms with van der Waals surface area (Å²) in [5.41, 5.74) is 6.92. The number of fused-ring (bicyclic) bond motifs is 1. The minimum absolute atomic E-state index is 0.0237. The largest absolute Gasteiger partial charge is 0.493 e. The van der Waals surface area contributed by atoms with Crippen LogP contribution in [-0.4, -0.2) is 61.2 Å². The summed E-state index contributed by atoms with van der Waals surface area (Å²) in [6.45, 7) is 1.79. The number of carbonyl (C=O) groups is 1. The summed E-state index contributed by atoms with van der Waals surface area (Å²) in [4.78, 5) is 25.0. The number of anilines is 2. The second-order valence-electron chi connectivity index (χ2n) is 8.14. The maximum Gasteiger partial charge on any atom is 0.263 e. The molecule has 11 heteroatoms. The lowest BCUT2D eigenvalue weighted by Crippen LogP contribution is -2.49. The lowest BCUT2D eigenvalue weighted by molar-refractivity contribution is -0.131. The van der Waals surface area contributed by atoms with Crippen LogP contribution in [0.5, 0.6) is 11.5 Å². The summed E-state index contributed by atoms with van der Waals surface area (Å²) in [7, 11) is 2.74. The second kappa shape index (κ2) is 10.2. The van der Waals surface area contributed by atoms with E-state index in [9.17, 15) is 13.6 Å². The van der Waals surface area contributed by atoms with Crippen molar-refractivity contribution in [3.63, 3.8) is 0 Å². The number of aromatic nitrogens is 2. The van der Waals surface area contributed by atoms with Gasteiger partial charge in [-0.25, -0.2) is 18.2 Å². The number of aryl methyl sites for hydroxylation is 1. The van der Waals surface area contributed by atoms with E-state index in [-0.39, 0.29) is 46.7 Å². The van der Waals surface area contributed by atoms with Gasteiger partial charge in [0.2, 0.25) is 11.9 Å². The number of halogens is 3. The van der Waals surface area contributed by atoms with E-state index in [2.05, 4.69) is 9.97 Å². The number of methoxy groups -OCH3 is 2. The molecule has 0 spiro atoms. The molecule has 4 rings (SSSR count). The van der Waals surface area contributed by atoms with Gasteiger partial charge in [0.15, 0.2) is 17.3 Å². The van der Waals surface area contributed by atoms with Gasteiger partial charge in [0.1, 0.15) is 11.3 Å². The molecule has 1 aliphatic rings. The molecule has 1 aromatic heterocycles. The van der Waals surface area contributed by atoms with Crippen molar-refractivity contribution >= 4 is 28.6 Å². The molecule has 1 aliphatic heterocycles. The van der Waals surface area contributed by atoms with Gasteiger partial charge in [0.05, 0.1) is 14.2 Å². The number of nitrogens with zero attached hydrogens (tertiary/aromatic N) is 4. The molecule has 0 bridgehead atoms. The third kappa shape index (κ3) is 5.03. The summed E-state index contributed by atoms with van der Waals surface area (Å²) >= 11 is 0. The molecule has 0 atom stereocenters. The third-order valence-corrected chi connectivity index (χ3v) is 6.07. The predicted octanol–water partition coefficient (Wildman–Crippen LogP) is 3.59. The summed E-state index contributed by atoms with van der Waals surface area (Å²) in [5.74, 6) is -0.202. The minimum Gasteiger partial charge on any atom is -0.493 e. The molecule has 8 nitrogen and oxygen atoms in total. The van der Waals surface area contributed by atoms with Crippen LogP contribution in [-0.2, 0) is 11.2 Å². The number of amides is 1. The molecule has 35 heavy (non-hydrogen) atoms. The number of nitrogen functional groups attached to an aromatic ring is 1. The van der Waals surface area contributed by atoms with E-state index in [4.69, 9.17) is 15.2 Å². The highest BCUT2D eigenvalue weighted by Gasteiger charge is 2.25. The van der Waals surface area contributed by atoms with Crippen molar-refractivity contribution in [2.45, 2.75) is 19.3 Å². The Balaban J connectivity index is 1.41. The summed E-state index contributed by atoms with van der Waals surface area (Å²) in [6, 6.07) is 7.55. The van der Waals surface area contributed by atoms with Crippen LogP contribution in [0, 0.1) is 5.82 Å². The predicted molar refractivity (Wildman–Crippen MR) is 126 cm³/mol. The zero-order valence-corrected chi connectivity index (χ0v) is 19.4. The van der Waals surface area contributed by atoms with Gasteiger partial charge in [-0.1, -0.05) is 24.3 Å². The van der Waals surface area contributed by atoms with Crippen LogP contribution >= 0.6 is 0 Å². The Hall–Kier alpha value is -3.76. The van der Waals surface area contributed by atoms with E-state index in [1.807, 2.05) is 4.90 Å². The van der Waals surface area contributed by atoms with Crippen molar-refractivity contribution in [3.05, 3.63) is 47.3 Å². The maximum absolute atomic E-state index is 15.0. The van der Waals surface area contributed by atoms with Crippen molar-refractivity contribution < 1.29 is 27.4 Å². The van der Waals surface area contributed by atoms with E-state index in [0.29, 0.717) is 38.0 Å². The van der Waals surface area contributed by atoms with Crippen molar-refractivity contribution in [2.75, 3.05) is 51.0 Å². The molecule has 3 aromatic rings. The number of alkyl halides is 2. The molecular weight excluding hydrogens is 463 g/mol. The number of hydrogen-bond donors (Lipinski definition) is 1. The molecule has 2 heterocycles. The molecule has 0 saturated carbocycles. The van der Waals surface area contributed by atoms with Crippen LogP contribution in [0.3, 0.4) is 0 Å². The van der Waals surface area contributed by atoms with Gasteiger partial charge in [-0.3, -0.25) is 4.79 Å². The smallest absolute Gasteiger partial charge is 0.263 e. The van der Waals surface area contributed by atoms with E-state index in [1.165, 1.54) is 32.4 Å². The molecule has 2 N–H and O–H groups in total. The Morgan fingerprint density at radius 3 is 2.37 bits per heavy atom. The quantitative estimate of drug-likeness (QED) is 0.542. The van der Waals surface area contributed by atoms with Gasteiger partial charge in [-0.2, -0.15) is 4.98 Å². The van der Waals surface area contributed by atoms with Crippen molar-refractivity contribution in [2.24, 2.45) is 0 Å². The maximum atomic E-state index is 15.0. The van der Waals surface area contributed by atoms with Gasteiger partial charge in [0.25, 0.3) is 6.43 Å². The van der Waals surface area contributed by atoms with Gasteiger partial charge in [0, 0.05) is 43.5 Å². The molecule has 186 valence electrons.